The molecule has 0 fully saturated rings. The molecule has 0 aromatic heterocycles. The van der Waals surface area contributed by atoms with Gasteiger partial charge in [-0.2, -0.15) is 8.42 Å². The summed E-state index contributed by atoms with van der Waals surface area (Å²) in [6, 6.07) is 2.15. The first-order valence-electron chi connectivity index (χ1n) is 5.22. The molecule has 4 nitrogen and oxygen atoms in total. The Bertz CT molecular complexity index is 547. The van der Waals surface area contributed by atoms with Crippen LogP contribution in [0.5, 0.6) is 0 Å². The van der Waals surface area contributed by atoms with Crippen molar-refractivity contribution in [2.75, 3.05) is 14.1 Å². The zero-order valence-electron chi connectivity index (χ0n) is 10.3. The van der Waals surface area contributed by atoms with E-state index in [9.17, 15) is 12.8 Å². The molecule has 0 radical (unpaired) electrons. The summed E-state index contributed by atoms with van der Waals surface area (Å²) in [5.41, 5.74) is 0.298. The Labute approximate surface area is 111 Å². The van der Waals surface area contributed by atoms with Gasteiger partial charge in [-0.3, -0.25) is 0 Å². The summed E-state index contributed by atoms with van der Waals surface area (Å²) >= 11 is 5.84. The van der Waals surface area contributed by atoms with Crippen LogP contribution >= 0.6 is 11.6 Å². The van der Waals surface area contributed by atoms with E-state index in [1.54, 1.807) is 21.0 Å². The van der Waals surface area contributed by atoms with Crippen LogP contribution in [-0.4, -0.2) is 33.8 Å². The molecule has 0 bridgehead atoms. The lowest BCUT2D eigenvalue weighted by Gasteiger charge is -2.07. The lowest BCUT2D eigenvalue weighted by molar-refractivity contribution is 0.586. The molecule has 100 valence electrons. The second kappa shape index (κ2) is 5.67. The monoisotopic (exact) mass is 292 g/mol. The standard InChI is InChI=1S/C11H14ClFN2O2S/c1-4-9-10(12)5-8(6-11(9)13)18(16,17)14-7-15(2)3/h5-7H,4H2,1-3H3. The van der Waals surface area contributed by atoms with Crippen molar-refractivity contribution < 1.29 is 12.8 Å². The average molecular weight is 293 g/mol. The summed E-state index contributed by atoms with van der Waals surface area (Å²) in [4.78, 5) is 1.22. The topological polar surface area (TPSA) is 49.7 Å². The van der Waals surface area contributed by atoms with Crippen LogP contribution in [0, 0.1) is 5.82 Å². The first-order valence-corrected chi connectivity index (χ1v) is 7.04. The highest BCUT2D eigenvalue weighted by Gasteiger charge is 2.17. The molecule has 0 saturated carbocycles. The summed E-state index contributed by atoms with van der Waals surface area (Å²) in [5.74, 6) is -0.636. The average Bonchev–Trinajstić information content (AvgIpc) is 2.26. The van der Waals surface area contributed by atoms with E-state index in [2.05, 4.69) is 4.40 Å². The number of benzene rings is 1. The second-order valence-corrected chi connectivity index (χ2v) is 5.92. The van der Waals surface area contributed by atoms with Gasteiger partial charge in [0.25, 0.3) is 10.0 Å². The Hall–Kier alpha value is -1.14. The van der Waals surface area contributed by atoms with E-state index in [0.717, 1.165) is 12.4 Å². The first-order chi connectivity index (χ1) is 8.27. The van der Waals surface area contributed by atoms with Gasteiger partial charge in [-0.1, -0.05) is 18.5 Å². The van der Waals surface area contributed by atoms with Gasteiger partial charge in [0.05, 0.1) is 4.90 Å². The minimum Gasteiger partial charge on any atom is -0.368 e. The van der Waals surface area contributed by atoms with Crippen molar-refractivity contribution in [1.82, 2.24) is 4.90 Å². The van der Waals surface area contributed by atoms with Crippen LogP contribution in [0.2, 0.25) is 5.02 Å². The van der Waals surface area contributed by atoms with E-state index in [1.807, 2.05) is 0 Å². The van der Waals surface area contributed by atoms with Crippen molar-refractivity contribution in [3.63, 3.8) is 0 Å². The predicted molar refractivity (Wildman–Crippen MR) is 70.2 cm³/mol. The molecule has 0 N–H and O–H groups in total. The van der Waals surface area contributed by atoms with Crippen molar-refractivity contribution in [2.24, 2.45) is 4.40 Å². The molecule has 0 atom stereocenters. The van der Waals surface area contributed by atoms with E-state index < -0.39 is 15.8 Å². The van der Waals surface area contributed by atoms with Gasteiger partial charge in [0.2, 0.25) is 0 Å². The lowest BCUT2D eigenvalue weighted by atomic mass is 10.1. The van der Waals surface area contributed by atoms with E-state index in [-0.39, 0.29) is 9.92 Å². The number of rotatable bonds is 4. The van der Waals surface area contributed by atoms with Gasteiger partial charge >= 0.3 is 0 Å². The van der Waals surface area contributed by atoms with Gasteiger partial charge in [0.15, 0.2) is 0 Å². The molecule has 0 heterocycles. The maximum Gasteiger partial charge on any atom is 0.283 e. The van der Waals surface area contributed by atoms with Gasteiger partial charge in [-0.25, -0.2) is 4.39 Å². The Kier molecular flexibility index (Phi) is 4.70. The number of hydrogen-bond donors (Lipinski definition) is 0. The summed E-state index contributed by atoms with van der Waals surface area (Å²) < 4.78 is 40.6. The molecule has 1 rings (SSSR count). The van der Waals surface area contributed by atoms with E-state index in [4.69, 9.17) is 11.6 Å². The van der Waals surface area contributed by atoms with Gasteiger partial charge in [0.1, 0.15) is 12.2 Å². The molecule has 0 aliphatic carbocycles. The molecule has 18 heavy (non-hydrogen) atoms. The minimum absolute atomic E-state index is 0.0936. The first kappa shape index (κ1) is 14.9. The summed E-state index contributed by atoms with van der Waals surface area (Å²) in [6.45, 7) is 1.74. The second-order valence-electron chi connectivity index (χ2n) is 3.88. The molecule has 1 aromatic carbocycles. The predicted octanol–water partition coefficient (Wildman–Crippen LogP) is 2.32. The van der Waals surface area contributed by atoms with Crippen molar-refractivity contribution in [2.45, 2.75) is 18.2 Å². The van der Waals surface area contributed by atoms with E-state index in [0.29, 0.717) is 12.0 Å². The maximum atomic E-state index is 13.6. The molecule has 0 unspecified atom stereocenters. The zero-order valence-corrected chi connectivity index (χ0v) is 11.9. The molecule has 7 heteroatoms. The minimum atomic E-state index is -3.92. The van der Waals surface area contributed by atoms with Crippen LogP contribution in [0.25, 0.3) is 0 Å². The van der Waals surface area contributed by atoms with E-state index in [1.165, 1.54) is 11.0 Å². The van der Waals surface area contributed by atoms with Crippen LogP contribution in [-0.2, 0) is 16.4 Å². The van der Waals surface area contributed by atoms with Crippen LogP contribution < -0.4 is 0 Å². The molecular formula is C11H14ClFN2O2S. The van der Waals surface area contributed by atoms with Crippen LogP contribution in [0.4, 0.5) is 4.39 Å². The highest BCUT2D eigenvalue weighted by molar-refractivity contribution is 7.90. The Morgan fingerprint density at radius 3 is 2.50 bits per heavy atom. The van der Waals surface area contributed by atoms with Crippen molar-refractivity contribution in [3.05, 3.63) is 28.5 Å². The van der Waals surface area contributed by atoms with E-state index >= 15 is 0 Å². The number of sulfonamides is 1. The largest absolute Gasteiger partial charge is 0.368 e. The SMILES string of the molecule is CCc1c(F)cc(S(=O)(=O)N=CN(C)C)cc1Cl. The summed E-state index contributed by atoms with van der Waals surface area (Å²) in [7, 11) is -0.659. The van der Waals surface area contributed by atoms with Crippen molar-refractivity contribution in [1.29, 1.82) is 0 Å². The third-order valence-corrected chi connectivity index (χ3v) is 3.72. The molecule has 0 saturated heterocycles. The molecule has 1 aromatic rings. The van der Waals surface area contributed by atoms with Crippen LogP contribution in [0.1, 0.15) is 12.5 Å². The summed E-state index contributed by atoms with van der Waals surface area (Å²) in [6.07, 6.45) is 1.53. The smallest absolute Gasteiger partial charge is 0.283 e. The van der Waals surface area contributed by atoms with Gasteiger partial charge in [0, 0.05) is 24.7 Å². The molecule has 0 spiro atoms. The fraction of sp³-hybridized carbons (Fsp3) is 0.364. The fourth-order valence-corrected chi connectivity index (χ4v) is 2.64. The number of nitrogens with zero attached hydrogens (tertiary/aromatic N) is 2. The zero-order chi connectivity index (χ0) is 13.9. The van der Waals surface area contributed by atoms with Crippen molar-refractivity contribution in [3.8, 4) is 0 Å². The number of hydrogen-bond acceptors (Lipinski definition) is 2. The Morgan fingerprint density at radius 1 is 1.44 bits per heavy atom. The molecule has 0 aliphatic rings. The van der Waals surface area contributed by atoms with Gasteiger partial charge in [-0.05, 0) is 18.6 Å². The highest BCUT2D eigenvalue weighted by Crippen LogP contribution is 2.25. The maximum absolute atomic E-state index is 13.6. The lowest BCUT2D eigenvalue weighted by Crippen LogP contribution is -2.10. The van der Waals surface area contributed by atoms with Crippen LogP contribution in [0.3, 0.4) is 0 Å². The highest BCUT2D eigenvalue weighted by atomic mass is 35.5. The van der Waals surface area contributed by atoms with Gasteiger partial charge < -0.3 is 4.90 Å². The third-order valence-electron chi connectivity index (χ3n) is 2.18. The Morgan fingerprint density at radius 2 is 2.06 bits per heavy atom. The quantitative estimate of drug-likeness (QED) is 0.632. The fourth-order valence-electron chi connectivity index (χ4n) is 1.28. The summed E-state index contributed by atoms with van der Waals surface area (Å²) in [5, 5.41) is 0.0936. The number of halogens is 2. The molecule has 0 amide bonds. The molecular weight excluding hydrogens is 279 g/mol. The normalized spacial score (nSPS) is 12.1. The van der Waals surface area contributed by atoms with Crippen molar-refractivity contribution >= 4 is 28.0 Å². The molecule has 0 aliphatic heterocycles. The van der Waals surface area contributed by atoms with Gasteiger partial charge in [-0.15, -0.1) is 4.40 Å². The third kappa shape index (κ3) is 3.43. The Balaban J connectivity index is 3.27. The van der Waals surface area contributed by atoms with Crippen LogP contribution in [0.15, 0.2) is 21.4 Å².